The van der Waals surface area contributed by atoms with Crippen LogP contribution in [0.5, 0.6) is 5.75 Å². The van der Waals surface area contributed by atoms with Gasteiger partial charge in [-0.2, -0.15) is 4.98 Å². The Morgan fingerprint density at radius 1 is 1.31 bits per heavy atom. The van der Waals surface area contributed by atoms with Crippen LogP contribution in [0.4, 0.5) is 17.6 Å². The second kappa shape index (κ2) is 9.34. The second-order valence-electron chi connectivity index (χ2n) is 8.38. The summed E-state index contributed by atoms with van der Waals surface area (Å²) in [4.78, 5) is 47.1. The highest BCUT2D eigenvalue weighted by Gasteiger charge is 2.37. The third-order valence-electron chi connectivity index (χ3n) is 5.58. The van der Waals surface area contributed by atoms with Crippen molar-refractivity contribution in [1.82, 2.24) is 24.9 Å². The maximum atomic E-state index is 13.6. The number of aromatic amines is 1. The number of halogens is 1. The number of fused-ring (bicyclic) bond motifs is 1. The van der Waals surface area contributed by atoms with Crippen molar-refractivity contribution in [2.24, 2.45) is 5.92 Å². The molecular formula is C23H25ClN8O3. The van der Waals surface area contributed by atoms with Gasteiger partial charge in [0, 0.05) is 29.4 Å². The molecule has 4 N–H and O–H groups in total. The lowest BCUT2D eigenvalue weighted by molar-refractivity contribution is -0.119. The lowest BCUT2D eigenvalue weighted by Gasteiger charge is -2.18. The third-order valence-corrected chi connectivity index (χ3v) is 5.85. The number of nitrogens with two attached hydrogens (primary N) is 1. The molecule has 0 spiro atoms. The molecule has 0 radical (unpaired) electrons. The van der Waals surface area contributed by atoms with Gasteiger partial charge in [-0.3, -0.25) is 19.5 Å². The van der Waals surface area contributed by atoms with Gasteiger partial charge in [0.15, 0.2) is 11.6 Å². The molecular weight excluding hydrogens is 472 g/mol. The Labute approximate surface area is 206 Å². The van der Waals surface area contributed by atoms with Crippen LogP contribution in [0.15, 0.2) is 12.4 Å². The monoisotopic (exact) mass is 496 g/mol. The van der Waals surface area contributed by atoms with E-state index in [1.807, 2.05) is 13.8 Å². The average Bonchev–Trinajstić information content (AvgIpc) is 3.33. The van der Waals surface area contributed by atoms with Crippen LogP contribution in [0, 0.1) is 19.8 Å². The molecule has 2 amide bonds. The Morgan fingerprint density at radius 3 is 2.74 bits per heavy atom. The first-order valence-electron chi connectivity index (χ1n) is 10.8. The molecule has 1 aliphatic heterocycles. The van der Waals surface area contributed by atoms with Gasteiger partial charge in [-0.1, -0.05) is 25.4 Å². The summed E-state index contributed by atoms with van der Waals surface area (Å²) in [6, 6.07) is 0. The van der Waals surface area contributed by atoms with E-state index in [1.165, 1.54) is 17.2 Å². The lowest BCUT2D eigenvalue weighted by atomic mass is 10.1. The van der Waals surface area contributed by atoms with Gasteiger partial charge in [0.25, 0.3) is 5.91 Å². The molecule has 4 rings (SSSR count). The molecule has 0 saturated heterocycles. The van der Waals surface area contributed by atoms with Crippen molar-refractivity contribution in [2.75, 3.05) is 23.1 Å². The summed E-state index contributed by atoms with van der Waals surface area (Å²) >= 11 is 6.40. The zero-order chi connectivity index (χ0) is 25.4. The van der Waals surface area contributed by atoms with Gasteiger partial charge in [-0.25, -0.2) is 9.97 Å². The quantitative estimate of drug-likeness (QED) is 0.347. The number of hydrogen-bond donors (Lipinski definition) is 3. The minimum atomic E-state index is -0.369. The van der Waals surface area contributed by atoms with Gasteiger partial charge in [-0.15, -0.1) is 0 Å². The normalized spacial score (nSPS) is 14.1. The van der Waals surface area contributed by atoms with Crippen molar-refractivity contribution in [2.45, 2.75) is 34.2 Å². The molecule has 11 nitrogen and oxygen atoms in total. The van der Waals surface area contributed by atoms with Crippen LogP contribution in [0.1, 0.15) is 42.1 Å². The standard InChI is InChI=1S/C23H25ClN8O3/c1-10(2)21(33)29-16-8-27-15(28-16)6-13-17-19(24)30-23(25)31-20(17)32(22(13)34)9-14-12(4)18(35-5)11(3)7-26-14/h6-8,10H,9H2,1-5H3,(H,27,28)(H,29,33)(H2,25,30,31)/b13-6-. The van der Waals surface area contributed by atoms with Gasteiger partial charge in [0.1, 0.15) is 16.7 Å². The van der Waals surface area contributed by atoms with Crippen molar-refractivity contribution in [3.8, 4) is 5.75 Å². The number of nitrogen functional groups attached to an aromatic ring is 1. The number of H-pyrrole nitrogens is 1. The second-order valence-corrected chi connectivity index (χ2v) is 8.74. The molecule has 3 aromatic heterocycles. The first-order chi connectivity index (χ1) is 16.6. The number of hydrogen-bond acceptors (Lipinski definition) is 8. The predicted molar refractivity (Wildman–Crippen MR) is 133 cm³/mol. The number of aryl methyl sites for hydroxylation is 1. The summed E-state index contributed by atoms with van der Waals surface area (Å²) < 4.78 is 5.50. The fraction of sp³-hybridized carbons (Fsp3) is 0.304. The number of anilines is 3. The number of carbonyl (C=O) groups is 2. The van der Waals surface area contributed by atoms with Crippen molar-refractivity contribution in [3.63, 3.8) is 0 Å². The Hall–Kier alpha value is -3.99. The highest BCUT2D eigenvalue weighted by molar-refractivity contribution is 6.41. The summed E-state index contributed by atoms with van der Waals surface area (Å²) in [5.41, 5.74) is 8.75. The first kappa shape index (κ1) is 24.1. The smallest absolute Gasteiger partial charge is 0.260 e. The van der Waals surface area contributed by atoms with E-state index >= 15 is 0 Å². The fourth-order valence-corrected chi connectivity index (χ4v) is 4.03. The summed E-state index contributed by atoms with van der Waals surface area (Å²) in [6.45, 7) is 7.45. The highest BCUT2D eigenvalue weighted by Crippen LogP contribution is 2.41. The van der Waals surface area contributed by atoms with E-state index in [9.17, 15) is 9.59 Å². The number of nitrogens with one attached hydrogen (secondary N) is 2. The van der Waals surface area contributed by atoms with Crippen LogP contribution < -0.4 is 20.7 Å². The molecule has 35 heavy (non-hydrogen) atoms. The molecule has 0 bridgehead atoms. The largest absolute Gasteiger partial charge is 0.496 e. The molecule has 12 heteroatoms. The summed E-state index contributed by atoms with van der Waals surface area (Å²) in [5, 5.41) is 2.75. The maximum Gasteiger partial charge on any atom is 0.260 e. The minimum absolute atomic E-state index is 0.0423. The molecule has 4 heterocycles. The van der Waals surface area contributed by atoms with E-state index in [0.717, 1.165) is 11.1 Å². The number of methoxy groups -OCH3 is 1. The summed E-state index contributed by atoms with van der Waals surface area (Å²) in [6.07, 6.45) is 4.77. The van der Waals surface area contributed by atoms with E-state index in [0.29, 0.717) is 28.6 Å². The Morgan fingerprint density at radius 2 is 2.06 bits per heavy atom. The van der Waals surface area contributed by atoms with Crippen molar-refractivity contribution < 1.29 is 14.3 Å². The van der Waals surface area contributed by atoms with Crippen molar-refractivity contribution >= 4 is 52.6 Å². The van der Waals surface area contributed by atoms with E-state index < -0.39 is 0 Å². The number of imidazole rings is 1. The number of carbonyl (C=O) groups excluding carboxylic acids is 2. The van der Waals surface area contributed by atoms with E-state index in [4.69, 9.17) is 22.1 Å². The molecule has 0 aromatic carbocycles. The van der Waals surface area contributed by atoms with Gasteiger partial charge in [0.2, 0.25) is 11.9 Å². The molecule has 0 aliphatic carbocycles. The van der Waals surface area contributed by atoms with E-state index in [1.54, 1.807) is 27.2 Å². The summed E-state index contributed by atoms with van der Waals surface area (Å²) in [7, 11) is 1.59. The maximum absolute atomic E-state index is 13.6. The molecule has 0 saturated carbocycles. The zero-order valence-electron chi connectivity index (χ0n) is 19.9. The van der Waals surface area contributed by atoms with Crippen LogP contribution in [0.3, 0.4) is 0 Å². The Bertz CT molecular complexity index is 1370. The fourth-order valence-electron chi connectivity index (χ4n) is 3.76. The number of amides is 2. The van der Waals surface area contributed by atoms with Crippen LogP contribution in [0.25, 0.3) is 11.6 Å². The lowest BCUT2D eigenvalue weighted by Crippen LogP contribution is -2.27. The highest BCUT2D eigenvalue weighted by atomic mass is 35.5. The van der Waals surface area contributed by atoms with Crippen LogP contribution in [0.2, 0.25) is 5.15 Å². The molecule has 0 atom stereocenters. The van der Waals surface area contributed by atoms with Crippen LogP contribution >= 0.6 is 11.6 Å². The van der Waals surface area contributed by atoms with Crippen LogP contribution in [-0.2, 0) is 16.1 Å². The predicted octanol–water partition coefficient (Wildman–Crippen LogP) is 3.14. The molecule has 3 aromatic rings. The number of ether oxygens (including phenoxy) is 1. The van der Waals surface area contributed by atoms with E-state index in [-0.39, 0.29) is 46.8 Å². The van der Waals surface area contributed by atoms with Gasteiger partial charge < -0.3 is 20.8 Å². The minimum Gasteiger partial charge on any atom is -0.496 e. The number of aromatic nitrogens is 5. The first-order valence-corrected chi connectivity index (χ1v) is 11.2. The molecule has 0 unspecified atom stereocenters. The zero-order valence-corrected chi connectivity index (χ0v) is 20.7. The van der Waals surface area contributed by atoms with Gasteiger partial charge in [0.05, 0.1) is 30.5 Å². The van der Waals surface area contributed by atoms with E-state index in [2.05, 4.69) is 30.2 Å². The number of nitrogens with zero attached hydrogens (tertiary/aromatic N) is 5. The number of pyridine rings is 1. The third kappa shape index (κ3) is 4.54. The van der Waals surface area contributed by atoms with Gasteiger partial charge >= 0.3 is 0 Å². The molecule has 1 aliphatic rings. The molecule has 182 valence electrons. The summed E-state index contributed by atoms with van der Waals surface area (Å²) in [5.74, 6) is 0.853. The van der Waals surface area contributed by atoms with Crippen LogP contribution in [-0.4, -0.2) is 43.8 Å². The van der Waals surface area contributed by atoms with Crippen molar-refractivity contribution in [1.29, 1.82) is 0 Å². The average molecular weight is 497 g/mol. The van der Waals surface area contributed by atoms with Gasteiger partial charge in [-0.05, 0) is 19.9 Å². The Balaban J connectivity index is 1.74. The Kier molecular flexibility index (Phi) is 6.44. The SMILES string of the molecule is COc1c(C)cnc(CN2C(=O)/C(=C\c3nc(NC(=O)C(C)C)c[nH]3)c3c(Cl)nc(N)nc32)c1C. The number of rotatable bonds is 6. The topological polar surface area (TPSA) is 152 Å². The van der Waals surface area contributed by atoms with Crippen molar-refractivity contribution in [3.05, 3.63) is 45.8 Å². The molecule has 0 fully saturated rings.